The molecule has 3 heteroatoms. The second kappa shape index (κ2) is 3.39. The van der Waals surface area contributed by atoms with Crippen LogP contribution in [0.15, 0.2) is 16.6 Å². The highest BCUT2D eigenvalue weighted by Crippen LogP contribution is 2.29. The summed E-state index contributed by atoms with van der Waals surface area (Å²) in [7, 11) is 0. The first kappa shape index (κ1) is 10.7. The summed E-state index contributed by atoms with van der Waals surface area (Å²) in [5.41, 5.74) is 6.77. The molecule has 0 saturated carbocycles. The third kappa shape index (κ3) is 2.09. The van der Waals surface area contributed by atoms with Crippen LogP contribution < -0.4 is 5.73 Å². The fraction of sp³-hybridized carbons (Fsp3) is 0.400. The van der Waals surface area contributed by atoms with Crippen molar-refractivity contribution in [2.75, 3.05) is 0 Å². The summed E-state index contributed by atoms with van der Waals surface area (Å²) in [5.74, 6) is -0.226. The van der Waals surface area contributed by atoms with Gasteiger partial charge in [0.2, 0.25) is 0 Å². The zero-order valence-electron chi connectivity index (χ0n) is 7.99. The molecule has 0 aromatic heterocycles. The van der Waals surface area contributed by atoms with Crippen molar-refractivity contribution in [2.45, 2.75) is 26.3 Å². The lowest BCUT2D eigenvalue weighted by molar-refractivity contribution is 0.536. The third-order valence-corrected chi connectivity index (χ3v) is 2.74. The third-order valence-electron chi connectivity index (χ3n) is 1.97. The molecule has 0 atom stereocenters. The zero-order valence-corrected chi connectivity index (χ0v) is 9.57. The van der Waals surface area contributed by atoms with Crippen molar-refractivity contribution in [1.82, 2.24) is 0 Å². The van der Waals surface area contributed by atoms with Crippen LogP contribution in [0.5, 0.6) is 0 Å². The first-order valence-corrected chi connectivity index (χ1v) is 4.87. The van der Waals surface area contributed by atoms with Crippen molar-refractivity contribution in [3.05, 3.63) is 33.5 Å². The molecule has 0 spiro atoms. The van der Waals surface area contributed by atoms with Crippen molar-refractivity contribution in [1.29, 1.82) is 0 Å². The average Bonchev–Trinajstić information content (AvgIpc) is 1.98. The largest absolute Gasteiger partial charge is 0.322 e. The fourth-order valence-electron chi connectivity index (χ4n) is 1.14. The normalized spacial score (nSPS) is 11.8. The molecule has 0 radical (unpaired) electrons. The van der Waals surface area contributed by atoms with Gasteiger partial charge in [-0.1, -0.05) is 12.1 Å². The number of hydrogen-bond donors (Lipinski definition) is 1. The van der Waals surface area contributed by atoms with Crippen LogP contribution in [0.25, 0.3) is 0 Å². The molecule has 0 aliphatic carbocycles. The van der Waals surface area contributed by atoms with Crippen molar-refractivity contribution in [3.63, 3.8) is 0 Å². The van der Waals surface area contributed by atoms with Gasteiger partial charge in [0.25, 0.3) is 0 Å². The van der Waals surface area contributed by atoms with E-state index in [1.807, 2.05) is 19.9 Å². The number of hydrogen-bond acceptors (Lipinski definition) is 1. The summed E-state index contributed by atoms with van der Waals surface area (Å²) in [4.78, 5) is 0. The first-order chi connectivity index (χ1) is 5.84. The van der Waals surface area contributed by atoms with E-state index in [-0.39, 0.29) is 5.82 Å². The van der Waals surface area contributed by atoms with Gasteiger partial charge < -0.3 is 5.73 Å². The van der Waals surface area contributed by atoms with E-state index in [0.717, 1.165) is 5.56 Å². The van der Waals surface area contributed by atoms with E-state index >= 15 is 0 Å². The summed E-state index contributed by atoms with van der Waals surface area (Å²) in [5, 5.41) is 0. The SMILES string of the molecule is Cc1ccc(C(C)(C)N)c(Br)c1F. The van der Waals surface area contributed by atoms with Gasteiger partial charge in [-0.05, 0) is 47.8 Å². The smallest absolute Gasteiger partial charge is 0.140 e. The Balaban J connectivity index is 3.35. The van der Waals surface area contributed by atoms with Crippen LogP contribution in [0.4, 0.5) is 4.39 Å². The zero-order chi connectivity index (χ0) is 10.2. The van der Waals surface area contributed by atoms with E-state index in [2.05, 4.69) is 15.9 Å². The molecule has 0 bridgehead atoms. The molecular formula is C10H13BrFN. The molecule has 0 heterocycles. The molecule has 1 aromatic carbocycles. The van der Waals surface area contributed by atoms with E-state index in [1.165, 1.54) is 0 Å². The standard InChI is InChI=1S/C10H13BrFN/c1-6-4-5-7(10(2,3)13)8(11)9(6)12/h4-5H,13H2,1-3H3. The maximum atomic E-state index is 13.4. The van der Waals surface area contributed by atoms with Gasteiger partial charge in [0.1, 0.15) is 5.82 Å². The number of halogens is 2. The predicted octanol–water partition coefficient (Wildman–Crippen LogP) is 3.09. The van der Waals surface area contributed by atoms with Crippen LogP contribution in [0.2, 0.25) is 0 Å². The second-order valence-electron chi connectivity index (χ2n) is 3.78. The molecule has 0 aliphatic rings. The van der Waals surface area contributed by atoms with Gasteiger partial charge in [-0.3, -0.25) is 0 Å². The lowest BCUT2D eigenvalue weighted by Crippen LogP contribution is -2.29. The Morgan fingerprint density at radius 1 is 1.38 bits per heavy atom. The predicted molar refractivity (Wildman–Crippen MR) is 56.1 cm³/mol. The topological polar surface area (TPSA) is 26.0 Å². The molecule has 0 aliphatic heterocycles. The molecule has 1 nitrogen and oxygen atoms in total. The first-order valence-electron chi connectivity index (χ1n) is 4.08. The molecule has 0 saturated heterocycles. The Morgan fingerprint density at radius 3 is 2.38 bits per heavy atom. The van der Waals surface area contributed by atoms with Crippen molar-refractivity contribution < 1.29 is 4.39 Å². The molecule has 0 amide bonds. The lowest BCUT2D eigenvalue weighted by Gasteiger charge is -2.21. The van der Waals surface area contributed by atoms with Gasteiger partial charge >= 0.3 is 0 Å². The molecular weight excluding hydrogens is 233 g/mol. The molecule has 13 heavy (non-hydrogen) atoms. The molecule has 72 valence electrons. The minimum Gasteiger partial charge on any atom is -0.322 e. The highest BCUT2D eigenvalue weighted by molar-refractivity contribution is 9.10. The van der Waals surface area contributed by atoms with Gasteiger partial charge in [0.05, 0.1) is 4.47 Å². The summed E-state index contributed by atoms with van der Waals surface area (Å²) in [6.07, 6.45) is 0. The molecule has 1 aromatic rings. The maximum absolute atomic E-state index is 13.4. The summed E-state index contributed by atoms with van der Waals surface area (Å²) >= 11 is 3.21. The van der Waals surface area contributed by atoms with E-state index in [0.29, 0.717) is 10.0 Å². The van der Waals surface area contributed by atoms with E-state index in [1.54, 1.807) is 13.0 Å². The summed E-state index contributed by atoms with van der Waals surface area (Å²) in [6, 6.07) is 3.59. The minimum absolute atomic E-state index is 0.226. The van der Waals surface area contributed by atoms with E-state index in [4.69, 9.17) is 5.73 Å². The average molecular weight is 246 g/mol. The van der Waals surface area contributed by atoms with Crippen molar-refractivity contribution >= 4 is 15.9 Å². The minimum atomic E-state index is -0.520. The Hall–Kier alpha value is -0.410. The number of nitrogens with two attached hydrogens (primary N) is 1. The van der Waals surface area contributed by atoms with Crippen LogP contribution >= 0.6 is 15.9 Å². The van der Waals surface area contributed by atoms with Gasteiger partial charge in [-0.2, -0.15) is 0 Å². The second-order valence-corrected chi connectivity index (χ2v) is 4.57. The van der Waals surface area contributed by atoms with Crippen LogP contribution in [0, 0.1) is 12.7 Å². The van der Waals surface area contributed by atoms with Gasteiger partial charge in [0.15, 0.2) is 0 Å². The highest BCUT2D eigenvalue weighted by atomic mass is 79.9. The van der Waals surface area contributed by atoms with E-state index < -0.39 is 5.54 Å². The van der Waals surface area contributed by atoms with Gasteiger partial charge in [0, 0.05) is 5.54 Å². The lowest BCUT2D eigenvalue weighted by atomic mass is 9.95. The molecule has 2 N–H and O–H groups in total. The Bertz CT molecular complexity index is 328. The number of benzene rings is 1. The quantitative estimate of drug-likeness (QED) is 0.809. The van der Waals surface area contributed by atoms with Crippen LogP contribution in [0.1, 0.15) is 25.0 Å². The maximum Gasteiger partial charge on any atom is 0.140 e. The molecule has 0 unspecified atom stereocenters. The highest BCUT2D eigenvalue weighted by Gasteiger charge is 2.20. The molecule has 0 fully saturated rings. The Kier molecular flexibility index (Phi) is 2.78. The number of rotatable bonds is 1. The van der Waals surface area contributed by atoms with Crippen LogP contribution in [-0.4, -0.2) is 0 Å². The molecule has 1 rings (SSSR count). The monoisotopic (exact) mass is 245 g/mol. The van der Waals surface area contributed by atoms with Crippen LogP contribution in [-0.2, 0) is 5.54 Å². The van der Waals surface area contributed by atoms with Crippen LogP contribution in [0.3, 0.4) is 0 Å². The Morgan fingerprint density at radius 2 is 1.92 bits per heavy atom. The number of aryl methyl sites for hydroxylation is 1. The van der Waals surface area contributed by atoms with E-state index in [9.17, 15) is 4.39 Å². The van der Waals surface area contributed by atoms with Crippen molar-refractivity contribution in [3.8, 4) is 0 Å². The Labute approximate surface area is 86.3 Å². The van der Waals surface area contributed by atoms with Crippen molar-refractivity contribution in [2.24, 2.45) is 5.73 Å². The summed E-state index contributed by atoms with van der Waals surface area (Å²) in [6.45, 7) is 5.43. The summed E-state index contributed by atoms with van der Waals surface area (Å²) < 4.78 is 13.9. The van der Waals surface area contributed by atoms with Gasteiger partial charge in [-0.15, -0.1) is 0 Å². The van der Waals surface area contributed by atoms with Gasteiger partial charge in [-0.25, -0.2) is 4.39 Å². The fourth-order valence-corrected chi connectivity index (χ4v) is 2.10.